The molecule has 1 aromatic heterocycles. The SMILES string of the molecule is CCNc1ncnc(Nc2cc(F)cc(Cl)c2)c1Br. The van der Waals surface area contributed by atoms with Crippen LogP contribution in [0.25, 0.3) is 0 Å². The average Bonchev–Trinajstić information content (AvgIpc) is 2.33. The number of halogens is 3. The number of benzene rings is 1. The number of nitrogens with zero attached hydrogens (tertiary/aromatic N) is 2. The molecule has 19 heavy (non-hydrogen) atoms. The lowest BCUT2D eigenvalue weighted by Crippen LogP contribution is -2.03. The molecule has 0 unspecified atom stereocenters. The Kier molecular flexibility index (Phi) is 4.55. The molecular formula is C12H11BrClFN4. The van der Waals surface area contributed by atoms with Gasteiger partial charge in [-0.2, -0.15) is 0 Å². The summed E-state index contributed by atoms with van der Waals surface area (Å²) in [5, 5.41) is 6.40. The highest BCUT2D eigenvalue weighted by Gasteiger charge is 2.09. The lowest BCUT2D eigenvalue weighted by atomic mass is 10.3. The first-order valence-corrected chi connectivity index (χ1v) is 6.74. The highest BCUT2D eigenvalue weighted by molar-refractivity contribution is 9.10. The Hall–Kier alpha value is -1.40. The first-order chi connectivity index (χ1) is 9.10. The third-order valence-corrected chi connectivity index (χ3v) is 3.23. The van der Waals surface area contributed by atoms with E-state index >= 15 is 0 Å². The van der Waals surface area contributed by atoms with Gasteiger partial charge < -0.3 is 10.6 Å². The summed E-state index contributed by atoms with van der Waals surface area (Å²) in [6.07, 6.45) is 1.42. The average molecular weight is 346 g/mol. The molecule has 1 heterocycles. The van der Waals surface area contributed by atoms with Gasteiger partial charge in [-0.15, -0.1) is 0 Å². The van der Waals surface area contributed by atoms with Crippen molar-refractivity contribution in [2.75, 3.05) is 17.2 Å². The highest BCUT2D eigenvalue weighted by Crippen LogP contribution is 2.29. The lowest BCUT2D eigenvalue weighted by Gasteiger charge is -2.11. The minimum atomic E-state index is -0.410. The minimum absolute atomic E-state index is 0.319. The summed E-state index contributed by atoms with van der Waals surface area (Å²) in [7, 11) is 0. The van der Waals surface area contributed by atoms with Crippen molar-refractivity contribution >= 4 is 44.9 Å². The van der Waals surface area contributed by atoms with Crippen LogP contribution in [0.15, 0.2) is 29.0 Å². The molecule has 0 spiro atoms. The molecule has 0 atom stereocenters. The van der Waals surface area contributed by atoms with E-state index in [-0.39, 0.29) is 0 Å². The normalized spacial score (nSPS) is 10.3. The molecule has 0 bridgehead atoms. The summed E-state index contributed by atoms with van der Waals surface area (Å²) < 4.78 is 13.9. The van der Waals surface area contributed by atoms with Gasteiger partial charge in [0.15, 0.2) is 0 Å². The molecule has 0 aliphatic heterocycles. The van der Waals surface area contributed by atoms with E-state index in [0.717, 1.165) is 6.54 Å². The van der Waals surface area contributed by atoms with Gasteiger partial charge in [-0.3, -0.25) is 0 Å². The van der Waals surface area contributed by atoms with Crippen molar-refractivity contribution in [1.82, 2.24) is 9.97 Å². The molecule has 0 saturated heterocycles. The van der Waals surface area contributed by atoms with Crippen LogP contribution in [-0.2, 0) is 0 Å². The lowest BCUT2D eigenvalue weighted by molar-refractivity contribution is 0.628. The van der Waals surface area contributed by atoms with Crippen LogP contribution in [0.3, 0.4) is 0 Å². The summed E-state index contributed by atoms with van der Waals surface area (Å²) >= 11 is 9.20. The quantitative estimate of drug-likeness (QED) is 0.871. The maximum atomic E-state index is 13.3. The van der Waals surface area contributed by atoms with Crippen LogP contribution < -0.4 is 10.6 Å². The van der Waals surface area contributed by atoms with Gasteiger partial charge in [0.25, 0.3) is 0 Å². The monoisotopic (exact) mass is 344 g/mol. The van der Waals surface area contributed by atoms with Gasteiger partial charge in [0.1, 0.15) is 28.3 Å². The first-order valence-electron chi connectivity index (χ1n) is 5.57. The molecule has 1 aromatic carbocycles. The highest BCUT2D eigenvalue weighted by atomic mass is 79.9. The molecular weight excluding hydrogens is 335 g/mol. The molecule has 2 rings (SSSR count). The van der Waals surface area contributed by atoms with E-state index in [1.54, 1.807) is 6.07 Å². The number of hydrogen-bond donors (Lipinski definition) is 2. The van der Waals surface area contributed by atoms with E-state index < -0.39 is 5.82 Å². The Morgan fingerprint density at radius 3 is 2.68 bits per heavy atom. The van der Waals surface area contributed by atoms with E-state index in [1.807, 2.05) is 6.92 Å². The van der Waals surface area contributed by atoms with E-state index in [2.05, 4.69) is 36.5 Å². The van der Waals surface area contributed by atoms with Gasteiger partial charge >= 0.3 is 0 Å². The number of rotatable bonds is 4. The van der Waals surface area contributed by atoms with Crippen molar-refractivity contribution in [3.05, 3.63) is 39.8 Å². The van der Waals surface area contributed by atoms with E-state index in [1.165, 1.54) is 18.5 Å². The van der Waals surface area contributed by atoms with Crippen LogP contribution in [0.4, 0.5) is 21.7 Å². The Morgan fingerprint density at radius 2 is 2.00 bits per heavy atom. The molecule has 0 radical (unpaired) electrons. The maximum Gasteiger partial charge on any atom is 0.150 e. The van der Waals surface area contributed by atoms with E-state index in [4.69, 9.17) is 11.6 Å². The number of nitrogens with one attached hydrogen (secondary N) is 2. The van der Waals surface area contributed by atoms with Gasteiger partial charge in [-0.25, -0.2) is 14.4 Å². The summed E-state index contributed by atoms with van der Waals surface area (Å²) in [4.78, 5) is 8.20. The summed E-state index contributed by atoms with van der Waals surface area (Å²) in [5.74, 6) is 0.794. The Balaban J connectivity index is 2.30. The number of hydrogen-bond acceptors (Lipinski definition) is 4. The summed E-state index contributed by atoms with van der Waals surface area (Å²) in [6, 6.07) is 4.20. The van der Waals surface area contributed by atoms with Crippen LogP contribution in [0.1, 0.15) is 6.92 Å². The van der Waals surface area contributed by atoms with Crippen LogP contribution in [0.2, 0.25) is 5.02 Å². The minimum Gasteiger partial charge on any atom is -0.369 e. The number of aromatic nitrogens is 2. The predicted molar refractivity (Wildman–Crippen MR) is 78.6 cm³/mol. The maximum absolute atomic E-state index is 13.3. The second-order valence-electron chi connectivity index (χ2n) is 3.70. The largest absolute Gasteiger partial charge is 0.369 e. The van der Waals surface area contributed by atoms with Crippen LogP contribution in [0, 0.1) is 5.82 Å². The first kappa shape index (κ1) is 14.0. The molecule has 4 nitrogen and oxygen atoms in total. The molecule has 2 aromatic rings. The molecule has 0 saturated carbocycles. The fraction of sp³-hybridized carbons (Fsp3) is 0.167. The van der Waals surface area contributed by atoms with E-state index in [0.29, 0.717) is 26.8 Å². The van der Waals surface area contributed by atoms with Crippen LogP contribution in [-0.4, -0.2) is 16.5 Å². The second-order valence-corrected chi connectivity index (χ2v) is 4.93. The van der Waals surface area contributed by atoms with Crippen molar-refractivity contribution in [3.63, 3.8) is 0 Å². The van der Waals surface area contributed by atoms with Gasteiger partial charge in [-0.05, 0) is 41.1 Å². The third kappa shape index (κ3) is 3.54. The fourth-order valence-electron chi connectivity index (χ4n) is 1.51. The van der Waals surface area contributed by atoms with E-state index in [9.17, 15) is 4.39 Å². The second kappa shape index (κ2) is 6.16. The third-order valence-electron chi connectivity index (χ3n) is 2.26. The zero-order chi connectivity index (χ0) is 13.8. The zero-order valence-electron chi connectivity index (χ0n) is 10.0. The zero-order valence-corrected chi connectivity index (χ0v) is 12.4. The van der Waals surface area contributed by atoms with Gasteiger partial charge in [-0.1, -0.05) is 11.6 Å². The van der Waals surface area contributed by atoms with Crippen molar-refractivity contribution in [2.24, 2.45) is 0 Å². The van der Waals surface area contributed by atoms with Gasteiger partial charge in [0, 0.05) is 17.3 Å². The summed E-state index contributed by atoms with van der Waals surface area (Å²) in [6.45, 7) is 2.70. The standard InChI is InChI=1S/C12H11BrClFN4/c1-2-16-11-10(13)12(18-6-17-11)19-9-4-7(14)3-8(15)5-9/h3-6H,2H2,1H3,(H2,16,17,18,19). The van der Waals surface area contributed by atoms with Crippen molar-refractivity contribution in [2.45, 2.75) is 6.92 Å². The van der Waals surface area contributed by atoms with Crippen molar-refractivity contribution in [1.29, 1.82) is 0 Å². The Morgan fingerprint density at radius 1 is 1.26 bits per heavy atom. The smallest absolute Gasteiger partial charge is 0.150 e. The Labute approximate surface area is 123 Å². The molecule has 7 heteroatoms. The molecule has 100 valence electrons. The molecule has 0 aliphatic carbocycles. The predicted octanol–water partition coefficient (Wildman–Crippen LogP) is 4.21. The molecule has 0 amide bonds. The molecule has 0 fully saturated rings. The topological polar surface area (TPSA) is 49.8 Å². The van der Waals surface area contributed by atoms with Crippen molar-refractivity contribution < 1.29 is 4.39 Å². The summed E-state index contributed by atoms with van der Waals surface area (Å²) in [5.41, 5.74) is 0.520. The molecule has 2 N–H and O–H groups in total. The Bertz CT molecular complexity index is 574. The molecule has 0 aliphatic rings. The van der Waals surface area contributed by atoms with Crippen molar-refractivity contribution in [3.8, 4) is 0 Å². The van der Waals surface area contributed by atoms with Crippen LogP contribution in [0.5, 0.6) is 0 Å². The number of anilines is 3. The van der Waals surface area contributed by atoms with Gasteiger partial charge in [0.05, 0.1) is 0 Å². The fourth-order valence-corrected chi connectivity index (χ4v) is 2.18. The van der Waals surface area contributed by atoms with Crippen LogP contribution >= 0.6 is 27.5 Å². The van der Waals surface area contributed by atoms with Gasteiger partial charge in [0.2, 0.25) is 0 Å².